The van der Waals surface area contributed by atoms with E-state index in [1.165, 1.54) is 0 Å². The summed E-state index contributed by atoms with van der Waals surface area (Å²) in [6.45, 7) is 0. The van der Waals surface area contributed by atoms with Crippen molar-refractivity contribution in [2.24, 2.45) is 34.1 Å². The Morgan fingerprint density at radius 3 is 1.29 bits per heavy atom. The van der Waals surface area contributed by atoms with E-state index in [0.29, 0.717) is 74.2 Å². The van der Waals surface area contributed by atoms with Gasteiger partial charge in [0.2, 0.25) is 0 Å². The lowest BCUT2D eigenvalue weighted by molar-refractivity contribution is -0.671. The lowest BCUT2D eigenvalue weighted by atomic mass is 9.91. The van der Waals surface area contributed by atoms with E-state index in [4.69, 9.17) is 20.0 Å². The number of rotatable bonds is 10. The maximum Gasteiger partial charge on any atom is 0.460 e. The number of allylic oxidation sites excluding steroid dienone is 11. The fourth-order valence-electron chi connectivity index (χ4n) is 8.26. The smallest absolute Gasteiger partial charge is 0.460 e. The van der Waals surface area contributed by atoms with Gasteiger partial charge in [-0.3, -0.25) is 4.99 Å². The molecule has 0 spiro atoms. The molecule has 0 saturated heterocycles. The molecule has 0 amide bonds. The second-order valence-corrected chi connectivity index (χ2v) is 17.5. The molecular weight excluding hydrogens is 1040 g/mol. The first-order valence-corrected chi connectivity index (χ1v) is 22.1. The highest BCUT2D eigenvalue weighted by atomic mass is 19.4. The molecule has 3 aromatic heterocycles. The summed E-state index contributed by atoms with van der Waals surface area (Å²) >= 11 is 0. The van der Waals surface area contributed by atoms with Gasteiger partial charge >= 0.3 is 41.7 Å². The van der Waals surface area contributed by atoms with Gasteiger partial charge in [0.05, 0.1) is 39.9 Å². The van der Waals surface area contributed by atoms with Gasteiger partial charge in [0.1, 0.15) is 14.1 Å². The first-order valence-electron chi connectivity index (χ1n) is 22.1. The number of alkyl halides is 15. The van der Waals surface area contributed by atoms with Crippen LogP contribution in [0.5, 0.6) is 0 Å². The van der Waals surface area contributed by atoms with Crippen molar-refractivity contribution >= 4 is 45.4 Å². The minimum absolute atomic E-state index is 0.0948. The number of fused-ring (bicyclic) bond motifs is 5. The maximum atomic E-state index is 14.9. The van der Waals surface area contributed by atoms with Crippen LogP contribution in [0.2, 0.25) is 0 Å². The second kappa shape index (κ2) is 18.2. The molecule has 0 fully saturated rings. The van der Waals surface area contributed by atoms with Crippen LogP contribution < -0.4 is 19.2 Å². The van der Waals surface area contributed by atoms with Crippen molar-refractivity contribution in [2.75, 3.05) is 7.05 Å². The zero-order valence-electron chi connectivity index (χ0n) is 39.0. The molecule has 0 saturated carbocycles. The third-order valence-electron chi connectivity index (χ3n) is 12.4. The standard InChI is InChI=1S/C52H33F15N8O/c1-73-22-16-29(17-23-73)42-35-10-8-33(69-35)41(28-4-6-32(7-5-28)68-45(76)46(53,54)47(55,56)48(57,58)49(59,60)50(61,62)51(63,64)52(65,66)67)34-9-11-36(70-34)43(30-18-24-74(2)25-19-30)38-13-15-40(72-38)44(39-14-12-37(42)71-39)31-20-26-75(3)27-21-31/h4-27H,1-3H3. The number of benzene rings is 1. The van der Waals surface area contributed by atoms with Gasteiger partial charge in [-0.2, -0.15) is 65.9 Å². The van der Waals surface area contributed by atoms with Crippen LogP contribution in [0.1, 0.15) is 28.1 Å². The molecule has 0 radical (unpaired) electrons. The zero-order chi connectivity index (χ0) is 55.1. The van der Waals surface area contributed by atoms with E-state index in [0.717, 1.165) is 17.7 Å². The van der Waals surface area contributed by atoms with Gasteiger partial charge in [-0.1, -0.05) is 24.3 Å². The minimum atomic E-state index is -8.57. The maximum absolute atomic E-state index is 14.9. The van der Waals surface area contributed by atoms with Crippen LogP contribution in [0.25, 0.3) is 16.7 Å². The van der Waals surface area contributed by atoms with Crippen molar-refractivity contribution in [3.63, 3.8) is 0 Å². The van der Waals surface area contributed by atoms with Gasteiger partial charge in [0.25, 0.3) is 0 Å². The van der Waals surface area contributed by atoms with Crippen molar-refractivity contribution in [1.82, 2.24) is 9.88 Å². The molecule has 24 heteroatoms. The topological polar surface area (TPSA) is 97.6 Å². The number of halogens is 15. The number of hydrogen-bond donors (Lipinski definition) is 0. The van der Waals surface area contributed by atoms with Crippen LogP contribution >= 0.6 is 0 Å². The van der Waals surface area contributed by atoms with Crippen LogP contribution in [0, 0.1) is 0 Å². The normalized spacial score (nSPS) is 17.7. The number of nitrogens with zero attached hydrogens (tertiary/aromatic N) is 8. The summed E-state index contributed by atoms with van der Waals surface area (Å²) in [6, 6.07) is 14.7. The first-order chi connectivity index (χ1) is 35.5. The Balaban J connectivity index is 1.19. The van der Waals surface area contributed by atoms with Gasteiger partial charge in [0.15, 0.2) is 24.8 Å². The van der Waals surface area contributed by atoms with Crippen LogP contribution in [-0.4, -0.2) is 76.7 Å². The number of hydrogen-bond acceptors (Lipinski definition) is 6. The molecule has 0 atom stereocenters. The van der Waals surface area contributed by atoms with Crippen molar-refractivity contribution in [2.45, 2.75) is 41.7 Å². The fourth-order valence-corrected chi connectivity index (χ4v) is 8.26. The molecule has 8 bridgehead atoms. The van der Waals surface area contributed by atoms with E-state index in [2.05, 4.69) is 4.99 Å². The Morgan fingerprint density at radius 1 is 0.474 bits per heavy atom. The van der Waals surface area contributed by atoms with E-state index < -0.39 is 53.3 Å². The molecule has 0 aliphatic carbocycles. The Bertz CT molecular complexity index is 3470. The Kier molecular flexibility index (Phi) is 12.6. The molecule has 4 aromatic rings. The average molecular weight is 1070 g/mol. The van der Waals surface area contributed by atoms with Crippen LogP contribution in [-0.2, 0) is 14.1 Å². The van der Waals surface area contributed by atoms with Gasteiger partial charge in [0, 0.05) is 60.8 Å². The fraction of sp³-hybridized carbons (Fsp3) is 0.192. The molecule has 392 valence electrons. The van der Waals surface area contributed by atoms with Gasteiger partial charge in [-0.05, 0) is 94.2 Å². The van der Waals surface area contributed by atoms with E-state index in [9.17, 15) is 71.0 Å². The molecule has 1 aromatic carbocycles. The van der Waals surface area contributed by atoms with Crippen molar-refractivity contribution in [3.05, 3.63) is 203 Å². The van der Waals surface area contributed by atoms with Gasteiger partial charge in [-0.25, -0.2) is 24.1 Å². The largest absolute Gasteiger partial charge is 0.857 e. The summed E-state index contributed by atoms with van der Waals surface area (Å²) in [7, 11) is 5.50. The number of aliphatic imine (C=N–C) groups is 4. The quantitative estimate of drug-likeness (QED) is 0.0685. The van der Waals surface area contributed by atoms with Gasteiger partial charge in [-0.15, -0.1) is 11.4 Å². The van der Waals surface area contributed by atoms with Crippen molar-refractivity contribution < 1.29 is 80.1 Å². The predicted molar refractivity (Wildman–Crippen MR) is 246 cm³/mol. The molecule has 5 aliphatic rings. The summed E-state index contributed by atoms with van der Waals surface area (Å²) in [5.74, 6) is -52.7. The Morgan fingerprint density at radius 2 is 0.855 bits per heavy atom. The summed E-state index contributed by atoms with van der Waals surface area (Å²) in [5.41, 5.74) is 6.42. The highest BCUT2D eigenvalue weighted by molar-refractivity contribution is 6.36. The van der Waals surface area contributed by atoms with E-state index in [1.54, 1.807) is 58.6 Å². The summed E-state index contributed by atoms with van der Waals surface area (Å²) in [5, 5.41) is 12.5. The van der Waals surface area contributed by atoms with Crippen molar-refractivity contribution in [1.29, 1.82) is 0 Å². The minimum Gasteiger partial charge on any atom is -0.857 e. The molecule has 76 heavy (non-hydrogen) atoms. The highest BCUT2D eigenvalue weighted by Gasteiger charge is 2.93. The predicted octanol–water partition coefficient (Wildman–Crippen LogP) is 10.3. The molecule has 9 nitrogen and oxygen atoms in total. The summed E-state index contributed by atoms with van der Waals surface area (Å²) in [6.07, 6.45) is 17.1. The number of pyridine rings is 2. The second-order valence-electron chi connectivity index (χ2n) is 17.5. The van der Waals surface area contributed by atoms with Crippen LogP contribution in [0.3, 0.4) is 0 Å². The average Bonchev–Trinajstić information content (AvgIpc) is 4.22. The first kappa shape index (κ1) is 52.5. The van der Waals surface area contributed by atoms with E-state index in [-0.39, 0.29) is 22.5 Å². The molecule has 5 aliphatic heterocycles. The Labute approximate surface area is 420 Å². The number of aromatic nitrogens is 3. The molecule has 9 rings (SSSR count). The molecular formula is C52H33F15N8O. The van der Waals surface area contributed by atoms with Gasteiger partial charge < -0.3 is 15.0 Å². The molecule has 8 heterocycles. The van der Waals surface area contributed by atoms with E-state index >= 15 is 0 Å². The number of aryl methyl sites for hydroxylation is 2. The third-order valence-corrected chi connectivity index (χ3v) is 12.4. The SMILES string of the molecule is CN1C=CC(=C2C3=NC(=C(c4ccc(N=C([O-])C(F)(F)C(F)(F)C(F)(F)C(F)(F)C(F)(F)C(F)(F)C(F)(F)F)cc4)C4=NC(=C(c5cc[n+](C)cc5)c5ccc([n-]5)C(c5cc[n+](C)cc5)=C5C=CC2=N5)C=C4)C=C3)C=C1. The molecule has 0 unspecified atom stereocenters. The zero-order valence-corrected chi connectivity index (χ0v) is 39.0. The van der Waals surface area contributed by atoms with Crippen LogP contribution in [0.4, 0.5) is 71.5 Å². The summed E-state index contributed by atoms with van der Waals surface area (Å²) < 4.78 is 213. The van der Waals surface area contributed by atoms with E-state index in [1.807, 2.05) is 98.8 Å². The summed E-state index contributed by atoms with van der Waals surface area (Å²) in [4.78, 5) is 24.7. The van der Waals surface area contributed by atoms with Crippen LogP contribution in [0.15, 0.2) is 195 Å². The monoisotopic (exact) mass is 1070 g/mol. The molecule has 0 N–H and O–H groups in total. The third kappa shape index (κ3) is 8.51. The Hall–Kier alpha value is -8.31. The lowest BCUT2D eigenvalue weighted by Crippen LogP contribution is -2.74. The highest BCUT2D eigenvalue weighted by Crippen LogP contribution is 2.62. The van der Waals surface area contributed by atoms with Crippen molar-refractivity contribution in [3.8, 4) is 0 Å². The lowest BCUT2D eigenvalue weighted by Gasteiger charge is -2.42.